The molecule has 0 fully saturated rings. The minimum Gasteiger partial charge on any atom is -0.299 e. The Kier molecular flexibility index (Phi) is 6.50. The lowest BCUT2D eigenvalue weighted by Gasteiger charge is -2.05. The van der Waals surface area contributed by atoms with Crippen LogP contribution in [0, 0.1) is 0 Å². The maximum atomic E-state index is 12.4. The summed E-state index contributed by atoms with van der Waals surface area (Å²) in [5.41, 5.74) is 3.57. The van der Waals surface area contributed by atoms with E-state index in [9.17, 15) is 9.59 Å². The number of nitrogens with zero attached hydrogens (tertiary/aromatic N) is 1. The first-order chi connectivity index (χ1) is 13.1. The van der Waals surface area contributed by atoms with Gasteiger partial charge < -0.3 is 0 Å². The van der Waals surface area contributed by atoms with Crippen molar-refractivity contribution in [1.29, 1.82) is 0 Å². The highest BCUT2D eigenvalue weighted by atomic mass is 35.5. The van der Waals surface area contributed by atoms with Gasteiger partial charge in [0.05, 0.1) is 0 Å². The Morgan fingerprint density at radius 3 is 2.15 bits per heavy atom. The molecule has 0 saturated heterocycles. The van der Waals surface area contributed by atoms with Gasteiger partial charge in [-0.05, 0) is 41.3 Å². The molecule has 0 aliphatic carbocycles. The van der Waals surface area contributed by atoms with E-state index in [1.807, 2.05) is 36.4 Å². The quantitative estimate of drug-likeness (QED) is 0.524. The van der Waals surface area contributed by atoms with Crippen molar-refractivity contribution < 1.29 is 9.59 Å². The molecule has 0 atom stereocenters. The number of rotatable bonds is 8. The average molecular weight is 378 g/mol. The highest BCUT2D eigenvalue weighted by Crippen LogP contribution is 2.14. The zero-order valence-corrected chi connectivity index (χ0v) is 15.7. The minimum atomic E-state index is 0.0479. The van der Waals surface area contributed by atoms with Crippen molar-refractivity contribution in [2.24, 2.45) is 0 Å². The van der Waals surface area contributed by atoms with E-state index < -0.39 is 0 Å². The summed E-state index contributed by atoms with van der Waals surface area (Å²) in [6.45, 7) is 0. The van der Waals surface area contributed by atoms with E-state index in [0.29, 0.717) is 36.3 Å². The van der Waals surface area contributed by atoms with Gasteiger partial charge in [-0.3, -0.25) is 14.6 Å². The van der Waals surface area contributed by atoms with Crippen LogP contribution in [0.3, 0.4) is 0 Å². The summed E-state index contributed by atoms with van der Waals surface area (Å²) in [4.78, 5) is 28.6. The fraction of sp³-hybridized carbons (Fsp3) is 0.174. The number of pyridine rings is 1. The summed E-state index contributed by atoms with van der Waals surface area (Å²) in [6, 6.07) is 18.4. The number of carbonyl (C=O) groups excluding carboxylic acids is 2. The first kappa shape index (κ1) is 19.0. The van der Waals surface area contributed by atoms with Crippen molar-refractivity contribution in [2.45, 2.75) is 25.7 Å². The molecule has 0 saturated carbocycles. The highest BCUT2D eigenvalue weighted by Gasteiger charge is 2.09. The van der Waals surface area contributed by atoms with Crippen LogP contribution in [0.1, 0.15) is 33.5 Å². The second kappa shape index (κ2) is 9.24. The Labute approximate surface area is 164 Å². The molecule has 4 heteroatoms. The van der Waals surface area contributed by atoms with Gasteiger partial charge in [-0.25, -0.2) is 0 Å². The predicted octanol–water partition coefficient (Wildman–Crippen LogP) is 4.90. The molecule has 0 amide bonds. The average Bonchev–Trinajstić information content (AvgIpc) is 2.69. The summed E-state index contributed by atoms with van der Waals surface area (Å²) in [5.74, 6) is 0.228. The predicted molar refractivity (Wildman–Crippen MR) is 107 cm³/mol. The Morgan fingerprint density at radius 1 is 0.815 bits per heavy atom. The van der Waals surface area contributed by atoms with E-state index in [4.69, 9.17) is 11.6 Å². The molecule has 0 bridgehead atoms. The van der Waals surface area contributed by atoms with Gasteiger partial charge in [0.15, 0.2) is 5.78 Å². The zero-order valence-electron chi connectivity index (χ0n) is 14.9. The normalized spacial score (nSPS) is 10.6. The number of halogens is 1. The number of hydrogen-bond donors (Lipinski definition) is 0. The molecule has 0 unspecified atom stereocenters. The third-order valence-corrected chi connectivity index (χ3v) is 4.62. The van der Waals surface area contributed by atoms with Crippen LogP contribution in [-0.4, -0.2) is 16.6 Å². The van der Waals surface area contributed by atoms with Crippen LogP contribution in [0.2, 0.25) is 5.02 Å². The lowest BCUT2D eigenvalue weighted by molar-refractivity contribution is -0.118. The molecule has 0 radical (unpaired) electrons. The fourth-order valence-electron chi connectivity index (χ4n) is 2.84. The molecule has 3 rings (SSSR count). The number of Topliss-reactive ketones (excluding diaryl/α,β-unsaturated/α-hetero) is 2. The first-order valence-electron chi connectivity index (χ1n) is 8.87. The van der Waals surface area contributed by atoms with Crippen LogP contribution in [0.5, 0.6) is 0 Å². The van der Waals surface area contributed by atoms with E-state index in [1.54, 1.807) is 36.7 Å². The molecule has 0 aliphatic heterocycles. The van der Waals surface area contributed by atoms with Crippen LogP contribution in [-0.2, 0) is 24.1 Å². The molecule has 0 aliphatic rings. The molecule has 3 aromatic rings. The van der Waals surface area contributed by atoms with Crippen molar-refractivity contribution in [3.63, 3.8) is 0 Å². The van der Waals surface area contributed by atoms with Gasteiger partial charge in [0.25, 0.3) is 0 Å². The number of benzene rings is 2. The second-order valence-corrected chi connectivity index (χ2v) is 6.94. The van der Waals surface area contributed by atoms with Crippen molar-refractivity contribution in [1.82, 2.24) is 4.98 Å². The van der Waals surface area contributed by atoms with E-state index in [1.165, 1.54) is 0 Å². The number of hydrogen-bond acceptors (Lipinski definition) is 3. The van der Waals surface area contributed by atoms with E-state index in [2.05, 4.69) is 4.98 Å². The number of ketones is 2. The minimum absolute atomic E-state index is 0.0479. The van der Waals surface area contributed by atoms with Crippen LogP contribution >= 0.6 is 11.6 Å². The first-order valence-corrected chi connectivity index (χ1v) is 9.25. The topological polar surface area (TPSA) is 47.0 Å². The summed E-state index contributed by atoms with van der Waals surface area (Å²) in [5, 5.41) is 0.656. The molecule has 136 valence electrons. The molecular formula is C23H20ClNO2. The maximum Gasteiger partial charge on any atom is 0.167 e. The van der Waals surface area contributed by atoms with E-state index >= 15 is 0 Å². The second-order valence-electron chi connectivity index (χ2n) is 6.50. The van der Waals surface area contributed by atoms with Gasteiger partial charge in [-0.1, -0.05) is 54.1 Å². The largest absolute Gasteiger partial charge is 0.299 e. The lowest BCUT2D eigenvalue weighted by atomic mass is 9.99. The highest BCUT2D eigenvalue weighted by molar-refractivity contribution is 6.30. The standard InChI is InChI=1S/C23H20ClNO2/c24-21-10-5-18(6-11-21)15-23(27)20-8-3-17(4-9-20)14-22(26)12-7-19-2-1-13-25-16-19/h1-6,8-11,13,16H,7,12,14-15H2. The monoisotopic (exact) mass is 377 g/mol. The van der Waals surface area contributed by atoms with Crippen LogP contribution in [0.15, 0.2) is 73.1 Å². The number of aromatic nitrogens is 1. The summed E-state index contributed by atoms with van der Waals surface area (Å²) >= 11 is 5.87. The zero-order chi connectivity index (χ0) is 19.1. The van der Waals surface area contributed by atoms with Crippen LogP contribution in [0.4, 0.5) is 0 Å². The Bertz CT molecular complexity index is 903. The van der Waals surface area contributed by atoms with Crippen molar-refractivity contribution in [3.8, 4) is 0 Å². The number of aryl methyl sites for hydroxylation is 1. The summed E-state index contributed by atoms with van der Waals surface area (Å²) in [6.07, 6.45) is 5.41. The number of carbonyl (C=O) groups is 2. The van der Waals surface area contributed by atoms with Crippen LogP contribution in [0.25, 0.3) is 0 Å². The smallest absolute Gasteiger partial charge is 0.167 e. The summed E-state index contributed by atoms with van der Waals surface area (Å²) < 4.78 is 0. The Hall–Kier alpha value is -2.78. The fourth-order valence-corrected chi connectivity index (χ4v) is 2.97. The van der Waals surface area contributed by atoms with Crippen molar-refractivity contribution in [3.05, 3.63) is 100 Å². The third kappa shape index (κ3) is 5.87. The molecule has 1 heterocycles. The van der Waals surface area contributed by atoms with E-state index in [-0.39, 0.29) is 11.6 Å². The third-order valence-electron chi connectivity index (χ3n) is 4.37. The van der Waals surface area contributed by atoms with Gasteiger partial charge in [0.2, 0.25) is 0 Å². The molecule has 0 N–H and O–H groups in total. The molecule has 1 aromatic heterocycles. The van der Waals surface area contributed by atoms with Crippen molar-refractivity contribution in [2.75, 3.05) is 0 Å². The van der Waals surface area contributed by atoms with Gasteiger partial charge >= 0.3 is 0 Å². The Morgan fingerprint density at radius 2 is 1.48 bits per heavy atom. The van der Waals surface area contributed by atoms with Gasteiger partial charge in [0.1, 0.15) is 5.78 Å². The van der Waals surface area contributed by atoms with Gasteiger partial charge in [0, 0.05) is 42.2 Å². The van der Waals surface area contributed by atoms with E-state index in [0.717, 1.165) is 16.7 Å². The molecule has 0 spiro atoms. The van der Waals surface area contributed by atoms with Gasteiger partial charge in [-0.2, -0.15) is 0 Å². The van der Waals surface area contributed by atoms with Crippen LogP contribution < -0.4 is 0 Å². The van der Waals surface area contributed by atoms with Gasteiger partial charge in [-0.15, -0.1) is 0 Å². The Balaban J connectivity index is 1.52. The lowest BCUT2D eigenvalue weighted by Crippen LogP contribution is -2.06. The SMILES string of the molecule is O=C(CCc1cccnc1)Cc1ccc(C(=O)Cc2ccc(Cl)cc2)cc1. The molecule has 27 heavy (non-hydrogen) atoms. The molecule has 3 nitrogen and oxygen atoms in total. The summed E-state index contributed by atoms with van der Waals surface area (Å²) in [7, 11) is 0. The molecular weight excluding hydrogens is 358 g/mol. The molecule has 2 aromatic carbocycles. The maximum absolute atomic E-state index is 12.4. The van der Waals surface area contributed by atoms with Crippen molar-refractivity contribution >= 4 is 23.2 Å².